The van der Waals surface area contributed by atoms with Crippen LogP contribution in [0.5, 0.6) is 0 Å². The SMILES string of the molecule is CSCCN(C)C(=O)NC1(C(=O)O)CCOC1. The summed E-state index contributed by atoms with van der Waals surface area (Å²) in [5, 5.41) is 11.7. The van der Waals surface area contributed by atoms with Gasteiger partial charge in [-0.3, -0.25) is 0 Å². The zero-order valence-electron chi connectivity index (χ0n) is 10.1. The van der Waals surface area contributed by atoms with Gasteiger partial charge in [0.15, 0.2) is 5.54 Å². The highest BCUT2D eigenvalue weighted by molar-refractivity contribution is 7.98. The molecule has 1 saturated heterocycles. The molecule has 1 aliphatic rings. The second kappa shape index (κ2) is 6.11. The van der Waals surface area contributed by atoms with Gasteiger partial charge >= 0.3 is 12.0 Å². The Kier molecular flexibility index (Phi) is 5.07. The second-order valence-corrected chi connectivity index (χ2v) is 5.02. The number of carboxylic acid groups (broad SMARTS) is 1. The maximum atomic E-state index is 11.8. The Morgan fingerprint density at radius 3 is 2.76 bits per heavy atom. The van der Waals surface area contributed by atoms with Crippen LogP contribution in [0.25, 0.3) is 0 Å². The summed E-state index contributed by atoms with van der Waals surface area (Å²) >= 11 is 1.63. The van der Waals surface area contributed by atoms with E-state index in [1.54, 1.807) is 18.8 Å². The molecular formula is C10H18N2O4S. The lowest BCUT2D eigenvalue weighted by Crippen LogP contribution is -2.58. The van der Waals surface area contributed by atoms with Crippen molar-refractivity contribution in [2.24, 2.45) is 0 Å². The minimum Gasteiger partial charge on any atom is -0.479 e. The Hall–Kier alpha value is -0.950. The van der Waals surface area contributed by atoms with E-state index in [4.69, 9.17) is 9.84 Å². The molecule has 2 N–H and O–H groups in total. The first-order valence-corrected chi connectivity index (χ1v) is 6.74. The van der Waals surface area contributed by atoms with Gasteiger partial charge < -0.3 is 20.1 Å². The minimum absolute atomic E-state index is 0.0322. The smallest absolute Gasteiger partial charge is 0.332 e. The fourth-order valence-corrected chi connectivity index (χ4v) is 1.97. The lowest BCUT2D eigenvalue weighted by Gasteiger charge is -2.27. The van der Waals surface area contributed by atoms with Crippen LogP contribution >= 0.6 is 11.8 Å². The number of rotatable bonds is 5. The van der Waals surface area contributed by atoms with Gasteiger partial charge in [-0.25, -0.2) is 9.59 Å². The average molecular weight is 262 g/mol. The summed E-state index contributed by atoms with van der Waals surface area (Å²) in [6, 6.07) is -0.369. The summed E-state index contributed by atoms with van der Waals surface area (Å²) in [7, 11) is 1.65. The van der Waals surface area contributed by atoms with Crippen molar-refractivity contribution in [2.75, 3.05) is 38.8 Å². The molecule has 1 atom stereocenters. The van der Waals surface area contributed by atoms with Gasteiger partial charge in [0.2, 0.25) is 0 Å². The molecule has 0 aliphatic carbocycles. The molecule has 98 valence electrons. The highest BCUT2D eigenvalue weighted by Crippen LogP contribution is 2.19. The largest absolute Gasteiger partial charge is 0.479 e. The van der Waals surface area contributed by atoms with Gasteiger partial charge in [0, 0.05) is 32.4 Å². The lowest BCUT2D eigenvalue weighted by molar-refractivity contribution is -0.144. The monoisotopic (exact) mass is 262 g/mol. The molecule has 0 aromatic rings. The first kappa shape index (κ1) is 14.1. The van der Waals surface area contributed by atoms with Crippen molar-refractivity contribution in [3.8, 4) is 0 Å². The summed E-state index contributed by atoms with van der Waals surface area (Å²) in [6.07, 6.45) is 2.26. The number of nitrogens with one attached hydrogen (secondary N) is 1. The third-order valence-corrected chi connectivity index (χ3v) is 3.35. The highest BCUT2D eigenvalue weighted by Gasteiger charge is 2.44. The van der Waals surface area contributed by atoms with E-state index in [0.29, 0.717) is 19.6 Å². The molecule has 0 aromatic heterocycles. The Labute approximate surface area is 105 Å². The molecule has 1 heterocycles. The summed E-state index contributed by atoms with van der Waals surface area (Å²) in [5.41, 5.74) is -1.26. The van der Waals surface area contributed by atoms with Crippen LogP contribution in [0.1, 0.15) is 6.42 Å². The van der Waals surface area contributed by atoms with Crippen molar-refractivity contribution < 1.29 is 19.4 Å². The number of thioether (sulfide) groups is 1. The molecule has 1 unspecified atom stereocenters. The number of nitrogens with zero attached hydrogens (tertiary/aromatic N) is 1. The average Bonchev–Trinajstić information content (AvgIpc) is 2.75. The molecule has 2 amide bonds. The first-order chi connectivity index (χ1) is 8.02. The van der Waals surface area contributed by atoms with E-state index in [-0.39, 0.29) is 12.6 Å². The highest BCUT2D eigenvalue weighted by atomic mass is 32.2. The summed E-state index contributed by atoms with van der Waals surface area (Å²) in [5.74, 6) is -0.220. The van der Waals surface area contributed by atoms with Crippen molar-refractivity contribution in [3.63, 3.8) is 0 Å². The maximum Gasteiger partial charge on any atom is 0.332 e. The fourth-order valence-electron chi connectivity index (χ4n) is 1.52. The van der Waals surface area contributed by atoms with Crippen LogP contribution in [0.4, 0.5) is 4.79 Å². The number of urea groups is 1. The molecular weight excluding hydrogens is 244 g/mol. The summed E-state index contributed by atoms with van der Waals surface area (Å²) in [6.45, 7) is 0.981. The van der Waals surface area contributed by atoms with Crippen molar-refractivity contribution in [1.82, 2.24) is 10.2 Å². The molecule has 0 aromatic carbocycles. The van der Waals surface area contributed by atoms with Crippen molar-refractivity contribution in [2.45, 2.75) is 12.0 Å². The molecule has 1 aliphatic heterocycles. The second-order valence-electron chi connectivity index (χ2n) is 4.03. The van der Waals surface area contributed by atoms with E-state index in [1.807, 2.05) is 6.26 Å². The van der Waals surface area contributed by atoms with E-state index >= 15 is 0 Å². The van der Waals surface area contributed by atoms with Crippen LogP contribution in [0.15, 0.2) is 0 Å². The topological polar surface area (TPSA) is 78.9 Å². The van der Waals surface area contributed by atoms with Crippen LogP contribution in [0, 0.1) is 0 Å². The van der Waals surface area contributed by atoms with E-state index in [2.05, 4.69) is 5.32 Å². The van der Waals surface area contributed by atoms with Crippen LogP contribution < -0.4 is 5.32 Å². The third-order valence-electron chi connectivity index (χ3n) is 2.75. The number of ether oxygens (including phenoxy) is 1. The number of carbonyl (C=O) groups excluding carboxylic acids is 1. The number of carbonyl (C=O) groups is 2. The normalized spacial score (nSPS) is 23.4. The predicted molar refractivity (Wildman–Crippen MR) is 65.3 cm³/mol. The zero-order chi connectivity index (χ0) is 12.9. The van der Waals surface area contributed by atoms with E-state index in [9.17, 15) is 9.59 Å². The fraction of sp³-hybridized carbons (Fsp3) is 0.800. The lowest BCUT2D eigenvalue weighted by atomic mass is 9.99. The summed E-state index contributed by atoms with van der Waals surface area (Å²) in [4.78, 5) is 24.5. The Bertz CT molecular complexity index is 292. The van der Waals surface area contributed by atoms with Crippen LogP contribution in [0.2, 0.25) is 0 Å². The van der Waals surface area contributed by atoms with Gasteiger partial charge in [0.1, 0.15) is 0 Å². The van der Waals surface area contributed by atoms with Gasteiger partial charge in [0.05, 0.1) is 6.61 Å². The van der Waals surface area contributed by atoms with Crippen LogP contribution in [-0.4, -0.2) is 66.4 Å². The first-order valence-electron chi connectivity index (χ1n) is 5.35. The van der Waals surface area contributed by atoms with Gasteiger partial charge in [-0.2, -0.15) is 11.8 Å². The molecule has 17 heavy (non-hydrogen) atoms. The van der Waals surface area contributed by atoms with E-state index in [1.165, 1.54) is 4.90 Å². The van der Waals surface area contributed by atoms with Crippen LogP contribution in [-0.2, 0) is 9.53 Å². The maximum absolute atomic E-state index is 11.8. The zero-order valence-corrected chi connectivity index (χ0v) is 10.9. The third kappa shape index (κ3) is 3.50. The van der Waals surface area contributed by atoms with Crippen molar-refractivity contribution in [3.05, 3.63) is 0 Å². The molecule has 0 radical (unpaired) electrons. The van der Waals surface area contributed by atoms with E-state index in [0.717, 1.165) is 5.75 Å². The Morgan fingerprint density at radius 1 is 1.59 bits per heavy atom. The van der Waals surface area contributed by atoms with Crippen molar-refractivity contribution in [1.29, 1.82) is 0 Å². The summed E-state index contributed by atoms with van der Waals surface area (Å²) < 4.78 is 5.07. The van der Waals surface area contributed by atoms with Gasteiger partial charge in [-0.05, 0) is 6.26 Å². The Morgan fingerprint density at radius 2 is 2.29 bits per heavy atom. The number of carboxylic acids is 1. The minimum atomic E-state index is -1.26. The van der Waals surface area contributed by atoms with Gasteiger partial charge in [-0.1, -0.05) is 0 Å². The molecule has 1 rings (SSSR count). The molecule has 1 fully saturated rings. The Balaban J connectivity index is 2.56. The standard InChI is InChI=1S/C10H18N2O4S/c1-12(4-6-17-2)9(15)11-10(8(13)14)3-5-16-7-10/h3-7H2,1-2H3,(H,11,15)(H,13,14). The number of hydrogen-bond donors (Lipinski definition) is 2. The predicted octanol–water partition coefficient (Wildman–Crippen LogP) is 0.234. The van der Waals surface area contributed by atoms with Crippen molar-refractivity contribution >= 4 is 23.8 Å². The number of hydrogen-bond acceptors (Lipinski definition) is 4. The van der Waals surface area contributed by atoms with E-state index < -0.39 is 11.5 Å². The number of aliphatic carboxylic acids is 1. The molecule has 7 heteroatoms. The molecule has 6 nitrogen and oxygen atoms in total. The molecule has 0 bridgehead atoms. The number of amides is 2. The quantitative estimate of drug-likeness (QED) is 0.741. The van der Waals surface area contributed by atoms with Gasteiger partial charge in [0.25, 0.3) is 0 Å². The molecule has 0 spiro atoms. The van der Waals surface area contributed by atoms with Crippen LogP contribution in [0.3, 0.4) is 0 Å². The molecule has 0 saturated carbocycles. The van der Waals surface area contributed by atoms with Gasteiger partial charge in [-0.15, -0.1) is 0 Å².